The molecule has 0 spiro atoms. The van der Waals surface area contributed by atoms with Gasteiger partial charge in [0.05, 0.1) is 19.2 Å². The number of aromatic nitrogens is 1. The Morgan fingerprint density at radius 3 is 2.60 bits per heavy atom. The van der Waals surface area contributed by atoms with Crippen molar-refractivity contribution >= 4 is 28.6 Å². The molecule has 3 rings (SSSR count). The summed E-state index contributed by atoms with van der Waals surface area (Å²) in [7, 11) is 1.80. The molecule has 0 radical (unpaired) electrons. The Kier molecular flexibility index (Phi) is 8.66. The molecule has 0 unspecified atom stereocenters. The van der Waals surface area contributed by atoms with Gasteiger partial charge in [-0.25, -0.2) is 0 Å². The number of fused-ring (bicyclic) bond motifs is 1. The van der Waals surface area contributed by atoms with Crippen LogP contribution in [0.25, 0.3) is 10.9 Å². The number of benzene rings is 1. The van der Waals surface area contributed by atoms with Gasteiger partial charge in [0.15, 0.2) is 6.04 Å². The Balaban J connectivity index is 1.74. The number of carbonyl (C=O) groups excluding carboxylic acids is 3. The number of primary amides is 1. The summed E-state index contributed by atoms with van der Waals surface area (Å²) in [4.78, 5) is 41.0. The van der Waals surface area contributed by atoms with Crippen LogP contribution >= 0.6 is 0 Å². The van der Waals surface area contributed by atoms with Crippen molar-refractivity contribution in [2.24, 2.45) is 11.7 Å². The average molecular weight is 487 g/mol. The zero-order valence-electron chi connectivity index (χ0n) is 20.3. The highest BCUT2D eigenvalue weighted by Gasteiger charge is 2.36. The molecule has 1 heterocycles. The number of hydrogen-bond acceptors (Lipinski definition) is 5. The van der Waals surface area contributed by atoms with Gasteiger partial charge in [0, 0.05) is 41.9 Å². The van der Waals surface area contributed by atoms with Gasteiger partial charge in [0.2, 0.25) is 11.8 Å². The Morgan fingerprint density at radius 1 is 1.23 bits per heavy atom. The molecule has 0 saturated heterocycles. The Hall–Kier alpha value is -3.21. The second kappa shape index (κ2) is 11.5. The molecule has 35 heavy (non-hydrogen) atoms. The van der Waals surface area contributed by atoms with E-state index in [9.17, 15) is 24.6 Å². The first-order chi connectivity index (χ1) is 16.6. The van der Waals surface area contributed by atoms with Crippen molar-refractivity contribution in [2.45, 2.75) is 63.4 Å². The highest BCUT2D eigenvalue weighted by atomic mass is 16.3. The van der Waals surface area contributed by atoms with Crippen molar-refractivity contribution in [3.63, 3.8) is 0 Å². The summed E-state index contributed by atoms with van der Waals surface area (Å²) in [5.74, 6) is -1.27. The molecule has 5 atom stereocenters. The van der Waals surface area contributed by atoms with Crippen LogP contribution < -0.4 is 21.7 Å². The molecule has 1 aromatic heterocycles. The van der Waals surface area contributed by atoms with E-state index in [2.05, 4.69) is 15.6 Å². The number of para-hydroxylation sites is 1. The second-order valence-electron chi connectivity index (χ2n) is 9.55. The number of quaternary nitrogens is 1. The summed E-state index contributed by atoms with van der Waals surface area (Å²) in [6.07, 6.45) is 1.41. The van der Waals surface area contributed by atoms with E-state index in [-0.39, 0.29) is 30.4 Å². The molecule has 190 valence electrons. The SMILES string of the molecule is C[NH2+][C@@H](CC(C)C)C(=O)N[C@@H]1C=C(C(=O)N[C@H](Cc2c[nH]c3ccccc23)C(N)=O)C[C@@H](O)[C@@H]1O. The van der Waals surface area contributed by atoms with Gasteiger partial charge in [0.25, 0.3) is 5.91 Å². The summed E-state index contributed by atoms with van der Waals surface area (Å²) < 4.78 is 0. The fourth-order valence-corrected chi connectivity index (χ4v) is 4.43. The lowest BCUT2D eigenvalue weighted by Gasteiger charge is -2.32. The van der Waals surface area contributed by atoms with Crippen LogP contribution in [0.2, 0.25) is 0 Å². The zero-order chi connectivity index (χ0) is 25.7. The third kappa shape index (κ3) is 6.47. The molecule has 9 N–H and O–H groups in total. The lowest BCUT2D eigenvalue weighted by atomic mass is 9.89. The molecule has 10 heteroatoms. The number of aromatic amines is 1. The molecular weight excluding hydrogens is 450 g/mol. The molecule has 2 aromatic rings. The van der Waals surface area contributed by atoms with Crippen molar-refractivity contribution in [3.05, 3.63) is 47.7 Å². The van der Waals surface area contributed by atoms with Crippen LogP contribution in [-0.2, 0) is 20.8 Å². The average Bonchev–Trinajstić information content (AvgIpc) is 3.22. The molecule has 3 amide bonds. The summed E-state index contributed by atoms with van der Waals surface area (Å²) in [5.41, 5.74) is 7.47. The van der Waals surface area contributed by atoms with Crippen LogP contribution in [-0.4, -0.2) is 70.3 Å². The lowest BCUT2D eigenvalue weighted by Crippen LogP contribution is -2.89. The standard InChI is InChI=1S/C25H35N5O5/c1-13(2)8-20(27-3)25(35)29-18-9-14(11-21(31)22(18)32)24(34)30-19(23(26)33)10-15-12-28-17-7-5-4-6-16(15)17/h4-7,9,12-13,18-22,27-28,31-32H,8,10-11H2,1-3H3,(H2,26,33)(H,29,35)(H,30,34)/p+1/t18-,19-,20+,21-,22-/m1/s1. The Labute approximate surface area is 204 Å². The fourth-order valence-electron chi connectivity index (χ4n) is 4.43. The lowest BCUT2D eigenvalue weighted by molar-refractivity contribution is -0.651. The van der Waals surface area contributed by atoms with Crippen LogP contribution in [0.1, 0.15) is 32.3 Å². The van der Waals surface area contributed by atoms with E-state index in [1.54, 1.807) is 18.6 Å². The van der Waals surface area contributed by atoms with Crippen molar-refractivity contribution in [1.82, 2.24) is 15.6 Å². The number of hydrogen-bond donors (Lipinski definition) is 7. The summed E-state index contributed by atoms with van der Waals surface area (Å²) in [5, 5.41) is 28.9. The van der Waals surface area contributed by atoms with Crippen LogP contribution in [0, 0.1) is 5.92 Å². The molecular formula is C25H36N5O5+. The minimum atomic E-state index is -1.26. The molecule has 0 bridgehead atoms. The van der Waals surface area contributed by atoms with E-state index < -0.39 is 36.1 Å². The number of nitrogens with two attached hydrogens (primary N) is 2. The maximum absolute atomic E-state index is 13.0. The predicted octanol–water partition coefficient (Wildman–Crippen LogP) is -1.17. The molecule has 0 fully saturated rings. The van der Waals surface area contributed by atoms with E-state index in [1.807, 2.05) is 38.1 Å². The topological polar surface area (TPSA) is 174 Å². The van der Waals surface area contributed by atoms with Gasteiger partial charge in [-0.1, -0.05) is 38.1 Å². The highest BCUT2D eigenvalue weighted by molar-refractivity contribution is 5.97. The van der Waals surface area contributed by atoms with Gasteiger partial charge in [-0.05, 0) is 17.5 Å². The number of amides is 3. The number of H-pyrrole nitrogens is 1. The molecule has 0 saturated carbocycles. The Bertz CT molecular complexity index is 1090. The van der Waals surface area contributed by atoms with Crippen LogP contribution in [0.3, 0.4) is 0 Å². The minimum Gasteiger partial charge on any atom is -0.390 e. The largest absolute Gasteiger partial charge is 0.390 e. The van der Waals surface area contributed by atoms with E-state index in [0.29, 0.717) is 12.3 Å². The van der Waals surface area contributed by atoms with Crippen LogP contribution in [0.4, 0.5) is 0 Å². The van der Waals surface area contributed by atoms with E-state index in [0.717, 1.165) is 16.5 Å². The quantitative estimate of drug-likeness (QED) is 0.224. The summed E-state index contributed by atoms with van der Waals surface area (Å²) in [6, 6.07) is 5.31. The predicted molar refractivity (Wildman–Crippen MR) is 131 cm³/mol. The van der Waals surface area contributed by atoms with Gasteiger partial charge in [-0.15, -0.1) is 0 Å². The van der Waals surface area contributed by atoms with E-state index in [1.165, 1.54) is 6.08 Å². The zero-order valence-corrected chi connectivity index (χ0v) is 20.3. The highest BCUT2D eigenvalue weighted by Crippen LogP contribution is 2.22. The van der Waals surface area contributed by atoms with Crippen molar-refractivity contribution < 1.29 is 29.9 Å². The van der Waals surface area contributed by atoms with Crippen LogP contribution in [0.15, 0.2) is 42.1 Å². The third-order valence-corrected chi connectivity index (χ3v) is 6.38. The maximum atomic E-state index is 13.0. The number of carbonyl (C=O) groups is 3. The normalized spacial score (nSPS) is 21.9. The number of rotatable bonds is 10. The first-order valence-electron chi connectivity index (χ1n) is 11.9. The minimum absolute atomic E-state index is 0.118. The van der Waals surface area contributed by atoms with Crippen molar-refractivity contribution in [1.29, 1.82) is 0 Å². The fraction of sp³-hybridized carbons (Fsp3) is 0.480. The second-order valence-corrected chi connectivity index (χ2v) is 9.55. The molecule has 10 nitrogen and oxygen atoms in total. The number of aliphatic hydroxyl groups excluding tert-OH is 2. The molecule has 1 aliphatic rings. The van der Waals surface area contributed by atoms with Gasteiger partial charge in [-0.2, -0.15) is 0 Å². The van der Waals surface area contributed by atoms with Gasteiger partial charge in [-0.3, -0.25) is 14.4 Å². The van der Waals surface area contributed by atoms with Gasteiger partial charge in [0.1, 0.15) is 12.1 Å². The Morgan fingerprint density at radius 2 is 1.94 bits per heavy atom. The van der Waals surface area contributed by atoms with Gasteiger partial charge < -0.3 is 36.9 Å². The van der Waals surface area contributed by atoms with Crippen molar-refractivity contribution in [3.8, 4) is 0 Å². The molecule has 0 aliphatic heterocycles. The first-order valence-corrected chi connectivity index (χ1v) is 11.9. The van der Waals surface area contributed by atoms with E-state index >= 15 is 0 Å². The third-order valence-electron chi connectivity index (χ3n) is 6.38. The van der Waals surface area contributed by atoms with Crippen molar-refractivity contribution in [2.75, 3.05) is 7.05 Å². The summed E-state index contributed by atoms with van der Waals surface area (Å²) >= 11 is 0. The first kappa shape index (κ1) is 26.4. The molecule has 1 aromatic carbocycles. The van der Waals surface area contributed by atoms with E-state index in [4.69, 9.17) is 5.73 Å². The smallest absolute Gasteiger partial charge is 0.278 e. The number of nitrogens with one attached hydrogen (secondary N) is 3. The summed E-state index contributed by atoms with van der Waals surface area (Å²) in [6.45, 7) is 4.02. The van der Waals surface area contributed by atoms with Crippen LogP contribution in [0.5, 0.6) is 0 Å². The molecule has 1 aliphatic carbocycles. The monoisotopic (exact) mass is 486 g/mol. The number of aliphatic hydroxyl groups is 2. The maximum Gasteiger partial charge on any atom is 0.278 e. The van der Waals surface area contributed by atoms with Gasteiger partial charge >= 0.3 is 0 Å². The number of likely N-dealkylation sites (N-methyl/N-ethyl adjacent to an activating group) is 1.